The maximum absolute atomic E-state index is 12.2. The van der Waals surface area contributed by atoms with E-state index in [4.69, 9.17) is 14.6 Å². The molecular weight excluding hydrogens is 286 g/mol. The van der Waals surface area contributed by atoms with Crippen LogP contribution in [0.5, 0.6) is 5.75 Å². The van der Waals surface area contributed by atoms with Crippen LogP contribution in [0, 0.1) is 5.92 Å². The number of amides is 1. The lowest BCUT2D eigenvalue weighted by Crippen LogP contribution is -2.30. The fraction of sp³-hybridized carbons (Fsp3) is 0.500. The van der Waals surface area contributed by atoms with Crippen LogP contribution < -0.4 is 10.1 Å². The number of hydrogen-bond donors (Lipinski definition) is 2. The molecule has 6 heteroatoms. The maximum atomic E-state index is 12.2. The minimum Gasteiger partial charge on any atom is -0.491 e. The Labute approximate surface area is 128 Å². The second kappa shape index (κ2) is 6.36. The molecule has 2 aliphatic rings. The Hall–Kier alpha value is -2.08. The van der Waals surface area contributed by atoms with Crippen molar-refractivity contribution in [3.8, 4) is 5.75 Å². The van der Waals surface area contributed by atoms with E-state index in [1.54, 1.807) is 6.07 Å². The van der Waals surface area contributed by atoms with Crippen LogP contribution in [0.25, 0.3) is 0 Å². The van der Waals surface area contributed by atoms with Crippen molar-refractivity contribution in [1.29, 1.82) is 0 Å². The number of anilines is 1. The minimum absolute atomic E-state index is 0.328. The van der Waals surface area contributed by atoms with Crippen molar-refractivity contribution in [2.45, 2.75) is 37.9 Å². The van der Waals surface area contributed by atoms with Crippen molar-refractivity contribution < 1.29 is 24.2 Å². The van der Waals surface area contributed by atoms with Gasteiger partial charge in [0, 0.05) is 0 Å². The van der Waals surface area contributed by atoms with Crippen molar-refractivity contribution in [1.82, 2.24) is 0 Å². The van der Waals surface area contributed by atoms with E-state index in [9.17, 15) is 9.59 Å². The molecule has 2 atom stereocenters. The van der Waals surface area contributed by atoms with Crippen LogP contribution in [-0.4, -0.2) is 35.8 Å². The molecule has 1 aromatic carbocycles. The normalized spacial score (nSPS) is 24.0. The van der Waals surface area contributed by atoms with Crippen molar-refractivity contribution in [2.75, 3.05) is 11.9 Å². The number of carbonyl (C=O) groups is 2. The summed E-state index contributed by atoms with van der Waals surface area (Å²) in [4.78, 5) is 23.1. The predicted molar refractivity (Wildman–Crippen MR) is 78.8 cm³/mol. The van der Waals surface area contributed by atoms with E-state index in [-0.39, 0.29) is 5.91 Å². The fourth-order valence-electron chi connectivity index (χ4n) is 2.41. The third kappa shape index (κ3) is 3.57. The van der Waals surface area contributed by atoms with E-state index >= 15 is 0 Å². The zero-order valence-corrected chi connectivity index (χ0v) is 12.2. The molecule has 1 saturated heterocycles. The number of carbonyl (C=O) groups excluding carboxylic acids is 1. The Kier molecular flexibility index (Phi) is 4.29. The number of hydrogen-bond acceptors (Lipinski definition) is 4. The average Bonchev–Trinajstić information content (AvgIpc) is 3.19. The van der Waals surface area contributed by atoms with E-state index in [1.807, 2.05) is 18.2 Å². The van der Waals surface area contributed by atoms with Gasteiger partial charge in [-0.3, -0.25) is 4.79 Å². The molecule has 0 bridgehead atoms. The molecule has 1 aliphatic carbocycles. The van der Waals surface area contributed by atoms with E-state index in [1.165, 1.54) is 12.8 Å². The first-order valence-electron chi connectivity index (χ1n) is 7.54. The van der Waals surface area contributed by atoms with E-state index in [0.29, 0.717) is 36.8 Å². The summed E-state index contributed by atoms with van der Waals surface area (Å²) in [5.41, 5.74) is 0.593. The molecule has 22 heavy (non-hydrogen) atoms. The lowest BCUT2D eigenvalue weighted by atomic mass is 10.2. The number of ether oxygens (including phenoxy) is 2. The summed E-state index contributed by atoms with van der Waals surface area (Å²) in [6.45, 7) is 0.661. The highest BCUT2D eigenvalue weighted by Crippen LogP contribution is 2.32. The Morgan fingerprint density at radius 2 is 1.91 bits per heavy atom. The van der Waals surface area contributed by atoms with Gasteiger partial charge in [0.1, 0.15) is 11.9 Å². The van der Waals surface area contributed by atoms with Crippen LogP contribution >= 0.6 is 0 Å². The van der Waals surface area contributed by atoms with Gasteiger partial charge in [-0.05, 0) is 43.7 Å². The molecule has 6 nitrogen and oxygen atoms in total. The standard InChI is InChI=1S/C16H19NO5/c18-15(13-7-8-14(22-13)16(19)20)17-11-3-1-2-4-12(11)21-9-10-5-6-10/h1-4,10,13-14H,5-9H2,(H,17,18)(H,19,20)/t13-,14+/m0/s1. The first-order valence-corrected chi connectivity index (χ1v) is 7.54. The molecule has 1 saturated carbocycles. The molecule has 1 aromatic rings. The van der Waals surface area contributed by atoms with Crippen molar-refractivity contribution >= 4 is 17.6 Å². The summed E-state index contributed by atoms with van der Waals surface area (Å²) >= 11 is 0. The molecule has 0 unspecified atom stereocenters. The molecule has 3 rings (SSSR count). The number of benzene rings is 1. The summed E-state index contributed by atoms with van der Waals surface area (Å²) in [5, 5.41) is 11.7. The summed E-state index contributed by atoms with van der Waals surface area (Å²) in [5.74, 6) is -0.0940. The topological polar surface area (TPSA) is 84.9 Å². The molecule has 1 heterocycles. The zero-order chi connectivity index (χ0) is 15.5. The van der Waals surface area contributed by atoms with Crippen molar-refractivity contribution in [2.24, 2.45) is 5.92 Å². The second-order valence-corrected chi connectivity index (χ2v) is 5.77. The summed E-state index contributed by atoms with van der Waals surface area (Å²) in [6.07, 6.45) is 1.54. The molecule has 0 spiro atoms. The molecule has 0 aromatic heterocycles. The van der Waals surface area contributed by atoms with Crippen LogP contribution in [0.15, 0.2) is 24.3 Å². The van der Waals surface area contributed by atoms with Gasteiger partial charge in [0.05, 0.1) is 12.3 Å². The number of carboxylic acids is 1. The zero-order valence-electron chi connectivity index (χ0n) is 12.2. The van der Waals surface area contributed by atoms with Gasteiger partial charge in [-0.15, -0.1) is 0 Å². The highest BCUT2D eigenvalue weighted by molar-refractivity contribution is 5.96. The van der Waals surface area contributed by atoms with Crippen LogP contribution in [-0.2, 0) is 14.3 Å². The number of para-hydroxylation sites is 2. The lowest BCUT2D eigenvalue weighted by Gasteiger charge is -2.15. The maximum Gasteiger partial charge on any atom is 0.332 e. The number of carboxylic acid groups (broad SMARTS) is 1. The van der Waals surface area contributed by atoms with Crippen molar-refractivity contribution in [3.05, 3.63) is 24.3 Å². The van der Waals surface area contributed by atoms with Gasteiger partial charge in [0.15, 0.2) is 6.10 Å². The summed E-state index contributed by atoms with van der Waals surface area (Å²) in [7, 11) is 0. The third-order valence-corrected chi connectivity index (χ3v) is 3.90. The second-order valence-electron chi connectivity index (χ2n) is 5.77. The molecule has 2 N–H and O–H groups in total. The number of nitrogens with one attached hydrogen (secondary N) is 1. The highest BCUT2D eigenvalue weighted by Gasteiger charge is 2.35. The van der Waals surface area contributed by atoms with E-state index < -0.39 is 18.2 Å². The predicted octanol–water partition coefficient (Wildman–Crippen LogP) is 2.05. The molecule has 1 amide bonds. The third-order valence-electron chi connectivity index (χ3n) is 3.90. The van der Waals surface area contributed by atoms with Crippen LogP contribution in [0.4, 0.5) is 5.69 Å². The fourth-order valence-corrected chi connectivity index (χ4v) is 2.41. The van der Waals surface area contributed by atoms with Crippen LogP contribution in [0.3, 0.4) is 0 Å². The molecule has 2 fully saturated rings. The van der Waals surface area contributed by atoms with Gasteiger partial charge in [0.2, 0.25) is 0 Å². The van der Waals surface area contributed by atoms with Gasteiger partial charge in [-0.1, -0.05) is 12.1 Å². The van der Waals surface area contributed by atoms with Gasteiger partial charge in [0.25, 0.3) is 5.91 Å². The number of aliphatic carboxylic acids is 1. The first kappa shape index (κ1) is 14.8. The Morgan fingerprint density at radius 1 is 1.18 bits per heavy atom. The molecule has 1 aliphatic heterocycles. The first-order chi connectivity index (χ1) is 10.6. The van der Waals surface area contributed by atoms with Gasteiger partial charge in [-0.2, -0.15) is 0 Å². The Morgan fingerprint density at radius 3 is 2.59 bits per heavy atom. The largest absolute Gasteiger partial charge is 0.491 e. The monoisotopic (exact) mass is 305 g/mol. The van der Waals surface area contributed by atoms with E-state index in [0.717, 1.165) is 0 Å². The number of rotatable bonds is 6. The molecule has 118 valence electrons. The minimum atomic E-state index is -1.02. The quantitative estimate of drug-likeness (QED) is 0.840. The van der Waals surface area contributed by atoms with Crippen LogP contribution in [0.1, 0.15) is 25.7 Å². The molecular formula is C16H19NO5. The van der Waals surface area contributed by atoms with Gasteiger partial charge >= 0.3 is 5.97 Å². The Bertz CT molecular complexity index is 569. The smallest absolute Gasteiger partial charge is 0.332 e. The SMILES string of the molecule is O=C(Nc1ccccc1OCC1CC1)[C@@H]1CC[C@H](C(=O)O)O1. The van der Waals surface area contributed by atoms with Crippen molar-refractivity contribution in [3.63, 3.8) is 0 Å². The van der Waals surface area contributed by atoms with Gasteiger partial charge < -0.3 is 19.9 Å². The van der Waals surface area contributed by atoms with Gasteiger partial charge in [-0.25, -0.2) is 4.79 Å². The lowest BCUT2D eigenvalue weighted by molar-refractivity contribution is -0.150. The Balaban J connectivity index is 1.60. The molecule has 0 radical (unpaired) electrons. The van der Waals surface area contributed by atoms with Crippen LogP contribution in [0.2, 0.25) is 0 Å². The van der Waals surface area contributed by atoms with E-state index in [2.05, 4.69) is 5.32 Å². The summed E-state index contributed by atoms with van der Waals surface area (Å²) < 4.78 is 11.0. The highest BCUT2D eigenvalue weighted by atomic mass is 16.5. The summed E-state index contributed by atoms with van der Waals surface area (Å²) in [6, 6.07) is 7.25. The average molecular weight is 305 g/mol.